The van der Waals surface area contributed by atoms with E-state index in [1.807, 2.05) is 29.6 Å². The molecule has 33 heavy (non-hydrogen) atoms. The molecule has 3 rings (SSSR count). The van der Waals surface area contributed by atoms with Crippen LogP contribution in [-0.2, 0) is 16.0 Å². The molecule has 0 saturated carbocycles. The fourth-order valence-corrected chi connectivity index (χ4v) is 3.79. The van der Waals surface area contributed by atoms with Gasteiger partial charge < -0.3 is 21.3 Å². The van der Waals surface area contributed by atoms with Crippen LogP contribution in [0.25, 0.3) is 11.4 Å². The molecule has 0 bridgehead atoms. The number of hydrogen-bond donors (Lipinski definition) is 4. The van der Waals surface area contributed by atoms with Gasteiger partial charge in [-0.2, -0.15) is 0 Å². The molecule has 8 nitrogen and oxygen atoms in total. The number of anilines is 2. The van der Waals surface area contributed by atoms with Crippen molar-refractivity contribution in [1.29, 1.82) is 0 Å². The summed E-state index contributed by atoms with van der Waals surface area (Å²) >= 11 is 7.66. The zero-order valence-corrected chi connectivity index (χ0v) is 19.9. The predicted octanol–water partition coefficient (Wildman–Crippen LogP) is 3.57. The molecule has 0 aliphatic carbocycles. The number of amides is 2. The Bertz CT molecular complexity index is 1040. The summed E-state index contributed by atoms with van der Waals surface area (Å²) in [6.07, 6.45) is 1.22. The smallest absolute Gasteiger partial charge is 0.220 e. The SMILES string of the molecule is CC(=O)NCCNc1cc(NCCNC(=O)CCc2cccs2)nc(-c2ccc(Cl)cc2)n1. The quantitative estimate of drug-likeness (QED) is 0.291. The molecule has 0 atom stereocenters. The Kier molecular flexibility index (Phi) is 9.46. The van der Waals surface area contributed by atoms with E-state index in [9.17, 15) is 9.59 Å². The summed E-state index contributed by atoms with van der Waals surface area (Å²) in [5.74, 6) is 1.74. The van der Waals surface area contributed by atoms with Gasteiger partial charge in [0.15, 0.2) is 5.82 Å². The van der Waals surface area contributed by atoms with Gasteiger partial charge in [-0.05, 0) is 42.1 Å². The number of hydrogen-bond acceptors (Lipinski definition) is 7. The number of rotatable bonds is 12. The van der Waals surface area contributed by atoms with Crippen LogP contribution >= 0.6 is 22.9 Å². The summed E-state index contributed by atoms with van der Waals surface area (Å²) in [4.78, 5) is 33.5. The van der Waals surface area contributed by atoms with Gasteiger partial charge in [0.1, 0.15) is 11.6 Å². The van der Waals surface area contributed by atoms with Crippen molar-refractivity contribution in [3.63, 3.8) is 0 Å². The molecule has 0 aliphatic rings. The monoisotopic (exact) mass is 486 g/mol. The molecule has 0 spiro atoms. The first-order chi connectivity index (χ1) is 16.0. The van der Waals surface area contributed by atoms with Crippen molar-refractivity contribution in [3.05, 3.63) is 57.7 Å². The minimum atomic E-state index is -0.0823. The predicted molar refractivity (Wildman–Crippen MR) is 134 cm³/mol. The molecule has 10 heteroatoms. The highest BCUT2D eigenvalue weighted by atomic mass is 35.5. The molecule has 2 heterocycles. The number of carbonyl (C=O) groups is 2. The van der Waals surface area contributed by atoms with E-state index >= 15 is 0 Å². The van der Waals surface area contributed by atoms with Crippen molar-refractivity contribution in [1.82, 2.24) is 20.6 Å². The molecule has 4 N–H and O–H groups in total. The van der Waals surface area contributed by atoms with Crippen LogP contribution in [0.15, 0.2) is 47.8 Å². The number of thiophene rings is 1. The van der Waals surface area contributed by atoms with Gasteiger partial charge in [0.05, 0.1) is 0 Å². The lowest BCUT2D eigenvalue weighted by molar-refractivity contribution is -0.121. The Labute approximate surface area is 202 Å². The van der Waals surface area contributed by atoms with E-state index in [4.69, 9.17) is 11.6 Å². The average molecular weight is 487 g/mol. The Morgan fingerprint density at radius 2 is 1.61 bits per heavy atom. The number of halogens is 1. The molecule has 0 unspecified atom stereocenters. The topological polar surface area (TPSA) is 108 Å². The maximum absolute atomic E-state index is 12.1. The van der Waals surface area contributed by atoms with Crippen molar-refractivity contribution in [2.75, 3.05) is 36.8 Å². The van der Waals surface area contributed by atoms with Crippen LogP contribution in [-0.4, -0.2) is 48.0 Å². The Morgan fingerprint density at radius 3 is 2.21 bits per heavy atom. The lowest BCUT2D eigenvalue weighted by atomic mass is 10.2. The molecule has 174 valence electrons. The van der Waals surface area contributed by atoms with E-state index in [0.717, 1.165) is 12.0 Å². The van der Waals surface area contributed by atoms with E-state index in [1.165, 1.54) is 11.8 Å². The molecule has 0 fully saturated rings. The molecular weight excluding hydrogens is 460 g/mol. The number of aromatic nitrogens is 2. The van der Waals surface area contributed by atoms with Crippen LogP contribution < -0.4 is 21.3 Å². The van der Waals surface area contributed by atoms with E-state index in [0.29, 0.717) is 55.1 Å². The highest BCUT2D eigenvalue weighted by molar-refractivity contribution is 7.09. The van der Waals surface area contributed by atoms with Gasteiger partial charge in [0.2, 0.25) is 11.8 Å². The molecule has 3 aromatic rings. The second-order valence-corrected chi connectivity index (χ2v) is 8.70. The molecule has 0 aliphatic heterocycles. The molecule has 2 amide bonds. The van der Waals surface area contributed by atoms with E-state index in [-0.39, 0.29) is 11.8 Å². The zero-order chi connectivity index (χ0) is 23.5. The minimum Gasteiger partial charge on any atom is -0.368 e. The van der Waals surface area contributed by atoms with Crippen molar-refractivity contribution < 1.29 is 9.59 Å². The zero-order valence-electron chi connectivity index (χ0n) is 18.4. The number of benzene rings is 1. The number of carbonyl (C=O) groups excluding carboxylic acids is 2. The van der Waals surface area contributed by atoms with Crippen LogP contribution in [0, 0.1) is 0 Å². The molecule has 2 aromatic heterocycles. The van der Waals surface area contributed by atoms with Crippen molar-refractivity contribution >= 4 is 46.4 Å². The van der Waals surface area contributed by atoms with Crippen LogP contribution in [0.3, 0.4) is 0 Å². The second-order valence-electron chi connectivity index (χ2n) is 7.23. The van der Waals surface area contributed by atoms with Crippen LogP contribution in [0.1, 0.15) is 18.2 Å². The average Bonchev–Trinajstić information content (AvgIpc) is 3.32. The van der Waals surface area contributed by atoms with Gasteiger partial charge in [-0.25, -0.2) is 9.97 Å². The largest absolute Gasteiger partial charge is 0.368 e. The summed E-state index contributed by atoms with van der Waals surface area (Å²) in [5, 5.41) is 14.8. The normalized spacial score (nSPS) is 10.5. The highest BCUT2D eigenvalue weighted by Gasteiger charge is 2.08. The van der Waals surface area contributed by atoms with E-state index < -0.39 is 0 Å². The standard InChI is InChI=1S/C23H27ClN6O2S/c1-16(31)25-10-11-26-20-15-21(30-23(29-20)17-4-6-18(24)7-5-17)27-12-13-28-22(32)9-8-19-3-2-14-33-19/h2-7,14-15H,8-13H2,1H3,(H,25,31)(H,28,32)(H2,26,27,29,30). The number of nitrogens with one attached hydrogen (secondary N) is 4. The molecule has 1 aromatic carbocycles. The van der Waals surface area contributed by atoms with Gasteiger partial charge in [-0.1, -0.05) is 17.7 Å². The van der Waals surface area contributed by atoms with Gasteiger partial charge >= 0.3 is 0 Å². The Balaban J connectivity index is 1.56. The highest BCUT2D eigenvalue weighted by Crippen LogP contribution is 2.22. The van der Waals surface area contributed by atoms with E-state index in [1.54, 1.807) is 29.5 Å². The van der Waals surface area contributed by atoms with Gasteiger partial charge in [0, 0.05) is 61.1 Å². The van der Waals surface area contributed by atoms with Crippen molar-refractivity contribution in [2.45, 2.75) is 19.8 Å². The van der Waals surface area contributed by atoms with Crippen LogP contribution in [0.5, 0.6) is 0 Å². The summed E-state index contributed by atoms with van der Waals surface area (Å²) in [6, 6.07) is 13.1. The van der Waals surface area contributed by atoms with E-state index in [2.05, 4.69) is 31.2 Å². The first-order valence-corrected chi connectivity index (χ1v) is 11.9. The third-order valence-corrected chi connectivity index (χ3v) is 5.75. The fraction of sp³-hybridized carbons (Fsp3) is 0.304. The lowest BCUT2D eigenvalue weighted by Gasteiger charge is -2.12. The van der Waals surface area contributed by atoms with Crippen LogP contribution in [0.2, 0.25) is 5.02 Å². The molecular formula is C23H27ClN6O2S. The van der Waals surface area contributed by atoms with Crippen LogP contribution in [0.4, 0.5) is 11.6 Å². The summed E-state index contributed by atoms with van der Waals surface area (Å²) in [5.41, 5.74) is 0.829. The summed E-state index contributed by atoms with van der Waals surface area (Å²) in [6.45, 7) is 3.49. The summed E-state index contributed by atoms with van der Waals surface area (Å²) < 4.78 is 0. The number of aryl methyl sites for hydroxylation is 1. The lowest BCUT2D eigenvalue weighted by Crippen LogP contribution is -2.29. The maximum Gasteiger partial charge on any atom is 0.220 e. The Hall–Kier alpha value is -3.17. The van der Waals surface area contributed by atoms with Gasteiger partial charge in [0.25, 0.3) is 0 Å². The molecule has 0 radical (unpaired) electrons. The first-order valence-electron chi connectivity index (χ1n) is 10.7. The number of nitrogens with zero attached hydrogens (tertiary/aromatic N) is 2. The Morgan fingerprint density at radius 1 is 0.939 bits per heavy atom. The second kappa shape index (κ2) is 12.8. The third-order valence-electron chi connectivity index (χ3n) is 4.57. The maximum atomic E-state index is 12.1. The van der Waals surface area contributed by atoms with Gasteiger partial charge in [-0.3, -0.25) is 9.59 Å². The third kappa shape index (κ3) is 8.70. The fourth-order valence-electron chi connectivity index (χ4n) is 2.96. The molecule has 0 saturated heterocycles. The minimum absolute atomic E-state index is 0.0232. The van der Waals surface area contributed by atoms with Crippen molar-refractivity contribution in [2.24, 2.45) is 0 Å². The van der Waals surface area contributed by atoms with Crippen molar-refractivity contribution in [3.8, 4) is 11.4 Å². The summed E-state index contributed by atoms with van der Waals surface area (Å²) in [7, 11) is 0. The van der Waals surface area contributed by atoms with Gasteiger partial charge in [-0.15, -0.1) is 11.3 Å². The first kappa shape index (κ1) is 24.5.